The quantitative estimate of drug-likeness (QED) is 0.671. The maximum absolute atomic E-state index is 13.0. The van der Waals surface area contributed by atoms with E-state index < -0.39 is 0 Å². The molecule has 1 aliphatic heterocycles. The summed E-state index contributed by atoms with van der Waals surface area (Å²) in [4.78, 5) is 19.3. The van der Waals surface area contributed by atoms with Crippen molar-refractivity contribution in [1.29, 1.82) is 0 Å². The molecule has 28 heavy (non-hydrogen) atoms. The fraction of sp³-hybridized carbons (Fsp3) is 0.318. The Labute approximate surface area is 164 Å². The van der Waals surface area contributed by atoms with Gasteiger partial charge in [-0.05, 0) is 36.1 Å². The smallest absolute Gasteiger partial charge is 0.231 e. The number of anilines is 1. The summed E-state index contributed by atoms with van der Waals surface area (Å²) >= 11 is 0. The minimum atomic E-state index is -0.0796. The monoisotopic (exact) mass is 376 g/mol. The molecule has 2 aromatic carbocycles. The van der Waals surface area contributed by atoms with Crippen LogP contribution in [0.1, 0.15) is 49.4 Å². The van der Waals surface area contributed by atoms with Gasteiger partial charge in [-0.3, -0.25) is 9.69 Å². The van der Waals surface area contributed by atoms with E-state index in [1.54, 1.807) is 7.11 Å². The highest BCUT2D eigenvalue weighted by atomic mass is 16.5. The lowest BCUT2D eigenvalue weighted by molar-refractivity contribution is -0.119. The Kier molecular flexibility index (Phi) is 5.10. The van der Waals surface area contributed by atoms with E-state index in [9.17, 15) is 4.79 Å². The van der Waals surface area contributed by atoms with Crippen molar-refractivity contribution < 1.29 is 9.53 Å². The molecule has 0 aliphatic carbocycles. The van der Waals surface area contributed by atoms with Gasteiger partial charge in [0.15, 0.2) is 0 Å². The van der Waals surface area contributed by atoms with Gasteiger partial charge >= 0.3 is 0 Å². The minimum absolute atomic E-state index is 0.000659. The fourth-order valence-electron chi connectivity index (χ4n) is 3.88. The van der Waals surface area contributed by atoms with Crippen LogP contribution in [0.15, 0.2) is 60.9 Å². The Morgan fingerprint density at radius 1 is 1.07 bits per heavy atom. The van der Waals surface area contributed by atoms with Crippen LogP contribution in [-0.4, -0.2) is 27.8 Å². The molecule has 2 heterocycles. The van der Waals surface area contributed by atoms with Crippen LogP contribution in [0.5, 0.6) is 5.75 Å². The number of methoxy groups -OCH3 is 1. The standard InChI is InChI=1S/C22H24N4O2/c1-3-7-21(27)25-19(16-8-5-4-6-9-16)14-20(26-22(25)23-15-24-26)17-10-12-18(28-2)13-11-17/h4-6,8-13,15,19-20H,3,7,14H2,1-2H3/t19-,20-/m0/s1. The summed E-state index contributed by atoms with van der Waals surface area (Å²) in [6.45, 7) is 2.02. The maximum Gasteiger partial charge on any atom is 0.231 e. The van der Waals surface area contributed by atoms with E-state index in [1.807, 2.05) is 46.8 Å². The molecular formula is C22H24N4O2. The number of hydrogen-bond acceptors (Lipinski definition) is 4. The van der Waals surface area contributed by atoms with Crippen molar-refractivity contribution in [1.82, 2.24) is 14.8 Å². The molecular weight excluding hydrogens is 352 g/mol. The van der Waals surface area contributed by atoms with E-state index >= 15 is 0 Å². The molecule has 2 atom stereocenters. The number of benzene rings is 2. The molecule has 0 spiro atoms. The number of amides is 1. The molecule has 6 heteroatoms. The van der Waals surface area contributed by atoms with Gasteiger partial charge in [-0.2, -0.15) is 10.1 Å². The minimum Gasteiger partial charge on any atom is -0.497 e. The molecule has 0 bridgehead atoms. The first-order valence-corrected chi connectivity index (χ1v) is 9.63. The second-order valence-electron chi connectivity index (χ2n) is 6.97. The maximum atomic E-state index is 13.0. The molecule has 0 radical (unpaired) electrons. The van der Waals surface area contributed by atoms with Crippen molar-refractivity contribution >= 4 is 11.9 Å². The number of ether oxygens (including phenoxy) is 1. The van der Waals surface area contributed by atoms with E-state index in [0.717, 1.165) is 29.7 Å². The van der Waals surface area contributed by atoms with Crippen LogP contribution < -0.4 is 9.64 Å². The highest BCUT2D eigenvalue weighted by Gasteiger charge is 2.38. The lowest BCUT2D eigenvalue weighted by Crippen LogP contribution is -2.42. The summed E-state index contributed by atoms with van der Waals surface area (Å²) in [5, 5.41) is 4.46. The van der Waals surface area contributed by atoms with E-state index in [0.29, 0.717) is 12.4 Å². The van der Waals surface area contributed by atoms with Crippen molar-refractivity contribution in [2.45, 2.75) is 38.3 Å². The molecule has 4 rings (SSSR count). The summed E-state index contributed by atoms with van der Waals surface area (Å²) in [7, 11) is 1.66. The molecule has 0 fully saturated rings. The molecule has 144 valence electrons. The van der Waals surface area contributed by atoms with Crippen LogP contribution in [-0.2, 0) is 4.79 Å². The first kappa shape index (κ1) is 18.2. The highest BCUT2D eigenvalue weighted by Crippen LogP contribution is 2.42. The molecule has 0 N–H and O–H groups in total. The number of hydrogen-bond donors (Lipinski definition) is 0. The Morgan fingerprint density at radius 2 is 1.79 bits per heavy atom. The first-order valence-electron chi connectivity index (χ1n) is 9.63. The third kappa shape index (κ3) is 3.26. The zero-order valence-corrected chi connectivity index (χ0v) is 16.2. The van der Waals surface area contributed by atoms with Gasteiger partial charge < -0.3 is 4.74 Å². The lowest BCUT2D eigenvalue weighted by atomic mass is 9.91. The molecule has 1 aromatic heterocycles. The van der Waals surface area contributed by atoms with Gasteiger partial charge in [0.25, 0.3) is 0 Å². The summed E-state index contributed by atoms with van der Waals surface area (Å²) in [6, 6.07) is 18.1. The van der Waals surface area contributed by atoms with Gasteiger partial charge in [0.2, 0.25) is 11.9 Å². The van der Waals surface area contributed by atoms with Crippen molar-refractivity contribution in [2.24, 2.45) is 0 Å². The van der Waals surface area contributed by atoms with E-state index in [-0.39, 0.29) is 18.0 Å². The number of fused-ring (bicyclic) bond motifs is 1. The van der Waals surface area contributed by atoms with Crippen LogP contribution in [0.2, 0.25) is 0 Å². The van der Waals surface area contributed by atoms with Gasteiger partial charge in [0, 0.05) is 6.42 Å². The van der Waals surface area contributed by atoms with Gasteiger partial charge in [-0.15, -0.1) is 0 Å². The third-order valence-electron chi connectivity index (χ3n) is 5.24. The third-order valence-corrected chi connectivity index (χ3v) is 5.24. The summed E-state index contributed by atoms with van der Waals surface area (Å²) in [5.41, 5.74) is 2.23. The Morgan fingerprint density at radius 3 is 2.46 bits per heavy atom. The van der Waals surface area contributed by atoms with E-state index in [1.165, 1.54) is 6.33 Å². The van der Waals surface area contributed by atoms with Crippen molar-refractivity contribution in [3.05, 3.63) is 72.1 Å². The van der Waals surface area contributed by atoms with Crippen LogP contribution in [0.3, 0.4) is 0 Å². The van der Waals surface area contributed by atoms with Crippen molar-refractivity contribution in [3.8, 4) is 5.75 Å². The van der Waals surface area contributed by atoms with Gasteiger partial charge in [0.05, 0.1) is 19.2 Å². The predicted octanol–water partition coefficient (Wildman–Crippen LogP) is 4.15. The second-order valence-corrected chi connectivity index (χ2v) is 6.97. The highest BCUT2D eigenvalue weighted by molar-refractivity contribution is 5.92. The molecule has 0 saturated heterocycles. The summed E-state index contributed by atoms with van der Waals surface area (Å²) in [6.07, 6.45) is 3.56. The zero-order valence-electron chi connectivity index (χ0n) is 16.2. The summed E-state index contributed by atoms with van der Waals surface area (Å²) < 4.78 is 7.16. The van der Waals surface area contributed by atoms with Crippen LogP contribution >= 0.6 is 0 Å². The first-order chi connectivity index (χ1) is 13.7. The second kappa shape index (κ2) is 7.84. The zero-order chi connectivity index (χ0) is 19.5. The number of carbonyl (C=O) groups is 1. The molecule has 3 aromatic rings. The summed E-state index contributed by atoms with van der Waals surface area (Å²) in [5.74, 6) is 1.51. The SMILES string of the molecule is CCCC(=O)N1c2ncnn2[C@H](c2ccc(OC)cc2)C[C@H]1c1ccccc1. The normalized spacial score (nSPS) is 18.6. The van der Waals surface area contributed by atoms with Gasteiger partial charge in [-0.1, -0.05) is 49.4 Å². The Hall–Kier alpha value is -3.15. The average molecular weight is 376 g/mol. The van der Waals surface area contributed by atoms with Gasteiger partial charge in [0.1, 0.15) is 12.1 Å². The van der Waals surface area contributed by atoms with Crippen LogP contribution in [0, 0.1) is 0 Å². The number of aromatic nitrogens is 3. The lowest BCUT2D eigenvalue weighted by Gasteiger charge is -2.39. The van der Waals surface area contributed by atoms with Crippen LogP contribution in [0.4, 0.5) is 5.95 Å². The average Bonchev–Trinajstić information content (AvgIpc) is 3.23. The van der Waals surface area contributed by atoms with E-state index in [4.69, 9.17) is 4.74 Å². The van der Waals surface area contributed by atoms with E-state index in [2.05, 4.69) is 34.3 Å². The Bertz CT molecular complexity index is 937. The molecule has 0 unspecified atom stereocenters. The Balaban J connectivity index is 1.79. The van der Waals surface area contributed by atoms with Crippen molar-refractivity contribution in [2.75, 3.05) is 12.0 Å². The molecule has 0 saturated carbocycles. The fourth-order valence-corrected chi connectivity index (χ4v) is 3.88. The topological polar surface area (TPSA) is 60.2 Å². The van der Waals surface area contributed by atoms with Crippen molar-refractivity contribution in [3.63, 3.8) is 0 Å². The number of carbonyl (C=O) groups excluding carboxylic acids is 1. The number of rotatable bonds is 5. The number of nitrogens with zero attached hydrogens (tertiary/aromatic N) is 4. The largest absolute Gasteiger partial charge is 0.497 e. The molecule has 1 amide bonds. The predicted molar refractivity (Wildman–Crippen MR) is 107 cm³/mol. The van der Waals surface area contributed by atoms with Crippen LogP contribution in [0.25, 0.3) is 0 Å². The van der Waals surface area contributed by atoms with Gasteiger partial charge in [-0.25, -0.2) is 4.68 Å². The molecule has 1 aliphatic rings. The molecule has 6 nitrogen and oxygen atoms in total.